The average Bonchev–Trinajstić information content (AvgIpc) is 3.17. The lowest BCUT2D eigenvalue weighted by molar-refractivity contribution is 0.0176. The number of guanidine groups is 1. The largest absolute Gasteiger partial charge is 0.444 e. The Morgan fingerprint density at radius 2 is 0.826 bits per heavy atom. The fraction of sp³-hybridized carbons (Fsp3) is 0.585. The van der Waals surface area contributed by atoms with E-state index in [0.717, 1.165) is 32.5 Å². The first-order chi connectivity index (χ1) is 31.9. The summed E-state index contributed by atoms with van der Waals surface area (Å²) in [5, 5.41) is 11.8. The quantitative estimate of drug-likeness (QED) is 0.0383. The molecule has 0 unspecified atom stereocenters. The second kappa shape index (κ2) is 23.0. The summed E-state index contributed by atoms with van der Waals surface area (Å²) in [4.78, 5) is 75.5. The molecule has 69 heavy (non-hydrogen) atoms. The molecule has 4 rings (SSSR count). The van der Waals surface area contributed by atoms with Crippen molar-refractivity contribution in [3.05, 3.63) is 60.2 Å². The van der Waals surface area contributed by atoms with Crippen LogP contribution >= 0.6 is 0 Å². The lowest BCUT2D eigenvalue weighted by atomic mass is 9.92. The van der Waals surface area contributed by atoms with Gasteiger partial charge < -0.3 is 38.4 Å². The number of hydrogen-bond donors (Lipinski definition) is 2. The molecule has 0 aromatic heterocycles. The molecule has 4 aromatic rings. The first-order valence-corrected chi connectivity index (χ1v) is 24.0. The van der Waals surface area contributed by atoms with Crippen LogP contribution < -0.4 is 10.6 Å². The van der Waals surface area contributed by atoms with E-state index in [1.165, 1.54) is 5.39 Å². The number of nitrogens with one attached hydrogen (secondary N) is 2. The van der Waals surface area contributed by atoms with Crippen LogP contribution in [-0.2, 0) is 30.2 Å². The summed E-state index contributed by atoms with van der Waals surface area (Å²) in [6.07, 6.45) is -1.21. The molecule has 0 aliphatic heterocycles. The van der Waals surface area contributed by atoms with Crippen molar-refractivity contribution in [2.45, 2.75) is 164 Å². The van der Waals surface area contributed by atoms with Crippen LogP contribution in [0.3, 0.4) is 0 Å². The molecule has 0 saturated heterocycles. The third kappa shape index (κ3) is 19.1. The number of unbranched alkanes of at least 4 members (excludes halogenated alkanes) is 1. The normalized spacial score (nSPS) is 12.3. The molecule has 0 bridgehead atoms. The van der Waals surface area contributed by atoms with E-state index in [1.54, 1.807) is 77.0 Å². The Morgan fingerprint density at radius 1 is 0.449 bits per heavy atom. The van der Waals surface area contributed by atoms with Crippen LogP contribution in [0, 0.1) is 0 Å². The number of nitrogens with zero attached hydrogens (tertiary/aromatic N) is 4. The Hall–Kier alpha value is -6.06. The average molecular weight is 959 g/mol. The molecular weight excluding hydrogens is 881 g/mol. The number of carbonyl (C=O) groups is 5. The highest BCUT2D eigenvalue weighted by Crippen LogP contribution is 2.36. The second-order valence-corrected chi connectivity index (χ2v) is 22.3. The molecule has 380 valence electrons. The van der Waals surface area contributed by atoms with Gasteiger partial charge in [0.2, 0.25) is 5.96 Å². The zero-order chi connectivity index (χ0) is 51.5. The molecule has 0 fully saturated rings. The first-order valence-electron chi connectivity index (χ1n) is 24.0. The molecule has 0 aliphatic carbocycles. The Labute approximate surface area is 409 Å². The minimum atomic E-state index is -0.812. The monoisotopic (exact) mass is 959 g/mol. The van der Waals surface area contributed by atoms with Crippen LogP contribution in [0.25, 0.3) is 32.3 Å². The van der Waals surface area contributed by atoms with Crippen LogP contribution in [0.15, 0.2) is 59.6 Å². The van der Waals surface area contributed by atoms with E-state index in [4.69, 9.17) is 23.7 Å². The molecular formula is C53H78N6O10. The third-order valence-electron chi connectivity index (χ3n) is 9.99. The van der Waals surface area contributed by atoms with E-state index in [-0.39, 0.29) is 19.0 Å². The van der Waals surface area contributed by atoms with Gasteiger partial charge in [-0.2, -0.15) is 0 Å². The summed E-state index contributed by atoms with van der Waals surface area (Å²) in [6, 6.07) is 19.0. The zero-order valence-electron chi connectivity index (χ0n) is 43.8. The van der Waals surface area contributed by atoms with Crippen molar-refractivity contribution in [3.8, 4) is 0 Å². The molecule has 16 nitrogen and oxygen atoms in total. The van der Waals surface area contributed by atoms with Gasteiger partial charge in [0.15, 0.2) is 0 Å². The molecule has 0 radical (unpaired) electrons. The van der Waals surface area contributed by atoms with Gasteiger partial charge >= 0.3 is 30.5 Å². The van der Waals surface area contributed by atoms with Crippen LogP contribution in [0.2, 0.25) is 0 Å². The van der Waals surface area contributed by atoms with Gasteiger partial charge in [0.1, 0.15) is 28.0 Å². The SMILES string of the molecule is CC(C)(C)OC(=O)NC(=NCCCN(CCCCN(CCCN(Cc1ccc2ccc3cccc4ccc1c2c34)C(=O)OC(C)(C)C)C(=O)OC(C)(C)C)C(=O)OC(C)(C)C)NC(=O)OC(C)(C)C. The van der Waals surface area contributed by atoms with Crippen molar-refractivity contribution in [1.29, 1.82) is 0 Å². The summed E-state index contributed by atoms with van der Waals surface area (Å²) < 4.78 is 28.2. The second-order valence-electron chi connectivity index (χ2n) is 22.3. The van der Waals surface area contributed by atoms with E-state index in [9.17, 15) is 24.0 Å². The maximum absolute atomic E-state index is 13.9. The van der Waals surface area contributed by atoms with Crippen LogP contribution in [-0.4, -0.2) is 118 Å². The smallest absolute Gasteiger partial charge is 0.414 e. The standard InChI is InChI=1S/C53H78N6O10/c1-49(2,3)65-44(60)55-43(56-45(61)66-50(4,5)6)54-29-19-32-57(46(62)67-51(7,8)9)30-16-17-31-58(47(63)68-52(10,11)12)33-20-34-59(48(64)69-53(13,14)15)35-39-26-25-38-24-23-36-21-18-22-37-27-28-40(39)42(38)41(36)37/h18,21-28H,16-17,19-20,29-35H2,1-15H3,(H2,54,55,56,60,61). The number of alkyl carbamates (subject to hydrolysis) is 2. The number of ether oxygens (including phenoxy) is 5. The Bertz CT molecular complexity index is 2370. The zero-order valence-corrected chi connectivity index (χ0v) is 43.8. The van der Waals surface area contributed by atoms with E-state index in [2.05, 4.69) is 70.2 Å². The molecule has 16 heteroatoms. The Balaban J connectivity index is 1.46. The molecule has 0 spiro atoms. The van der Waals surface area contributed by atoms with Crippen molar-refractivity contribution >= 4 is 68.7 Å². The number of rotatable bonds is 15. The van der Waals surface area contributed by atoms with Gasteiger partial charge in [0.05, 0.1) is 0 Å². The highest BCUT2D eigenvalue weighted by atomic mass is 16.6. The summed E-state index contributed by atoms with van der Waals surface area (Å²) in [7, 11) is 0. The highest BCUT2D eigenvalue weighted by Gasteiger charge is 2.27. The van der Waals surface area contributed by atoms with E-state index in [1.807, 2.05) is 41.5 Å². The molecule has 5 amide bonds. The van der Waals surface area contributed by atoms with Crippen molar-refractivity contribution in [2.24, 2.45) is 4.99 Å². The minimum Gasteiger partial charge on any atom is -0.444 e. The van der Waals surface area contributed by atoms with Crippen molar-refractivity contribution in [1.82, 2.24) is 25.3 Å². The number of benzene rings is 4. The highest BCUT2D eigenvalue weighted by molar-refractivity contribution is 6.23. The fourth-order valence-electron chi connectivity index (χ4n) is 7.36. The molecule has 0 heterocycles. The molecule has 0 atom stereocenters. The maximum Gasteiger partial charge on any atom is 0.414 e. The van der Waals surface area contributed by atoms with E-state index < -0.39 is 58.5 Å². The van der Waals surface area contributed by atoms with E-state index >= 15 is 0 Å². The Morgan fingerprint density at radius 3 is 1.29 bits per heavy atom. The van der Waals surface area contributed by atoms with Crippen LogP contribution in [0.4, 0.5) is 24.0 Å². The molecule has 0 aliphatic rings. The summed E-state index contributed by atoms with van der Waals surface area (Å²) in [5.74, 6) is -0.161. The lowest BCUT2D eigenvalue weighted by Gasteiger charge is -2.30. The fourth-order valence-corrected chi connectivity index (χ4v) is 7.36. The topological polar surface area (TPSA) is 178 Å². The van der Waals surface area contributed by atoms with Crippen LogP contribution in [0.1, 0.15) is 135 Å². The number of carbonyl (C=O) groups excluding carboxylic acids is 5. The minimum absolute atomic E-state index is 0.115. The number of aliphatic imine (C=N–C) groups is 1. The predicted octanol–water partition coefficient (Wildman–Crippen LogP) is 11.8. The van der Waals surface area contributed by atoms with Gasteiger partial charge in [0.25, 0.3) is 0 Å². The van der Waals surface area contributed by atoms with Gasteiger partial charge in [0, 0.05) is 45.8 Å². The molecule has 2 N–H and O–H groups in total. The molecule has 4 aromatic carbocycles. The van der Waals surface area contributed by atoms with Crippen LogP contribution in [0.5, 0.6) is 0 Å². The van der Waals surface area contributed by atoms with Crippen molar-refractivity contribution < 1.29 is 47.7 Å². The molecule has 0 saturated carbocycles. The Kier molecular flexibility index (Phi) is 18.5. The van der Waals surface area contributed by atoms with Gasteiger partial charge in [-0.1, -0.05) is 54.6 Å². The third-order valence-corrected chi connectivity index (χ3v) is 9.99. The van der Waals surface area contributed by atoms with Crippen molar-refractivity contribution in [3.63, 3.8) is 0 Å². The van der Waals surface area contributed by atoms with Crippen molar-refractivity contribution in [2.75, 3.05) is 39.3 Å². The summed E-state index contributed by atoms with van der Waals surface area (Å²) in [5.41, 5.74) is -2.82. The maximum atomic E-state index is 13.9. The van der Waals surface area contributed by atoms with Gasteiger partial charge in [-0.15, -0.1) is 0 Å². The predicted molar refractivity (Wildman–Crippen MR) is 272 cm³/mol. The summed E-state index contributed by atoms with van der Waals surface area (Å²) in [6.45, 7) is 28.5. The lowest BCUT2D eigenvalue weighted by Crippen LogP contribution is -2.47. The number of hydrogen-bond acceptors (Lipinski definition) is 11. The van der Waals surface area contributed by atoms with Gasteiger partial charge in [-0.25, -0.2) is 24.0 Å². The van der Waals surface area contributed by atoms with Gasteiger partial charge in [-0.3, -0.25) is 15.6 Å². The summed E-state index contributed by atoms with van der Waals surface area (Å²) >= 11 is 0. The first kappa shape index (κ1) is 55.5. The number of amides is 5. The van der Waals surface area contributed by atoms with E-state index in [0.29, 0.717) is 58.4 Å². The van der Waals surface area contributed by atoms with Gasteiger partial charge in [-0.05, 0) is 167 Å².